The molecule has 1 fully saturated rings. The van der Waals surface area contributed by atoms with Crippen molar-refractivity contribution in [3.05, 3.63) is 0 Å². The number of hydrogen-bond donors (Lipinski definition) is 2. The third kappa shape index (κ3) is 5.02. The minimum absolute atomic E-state index is 0.249. The molecule has 0 aromatic heterocycles. The minimum Gasteiger partial charge on any atom is -0.336 e. The van der Waals surface area contributed by atoms with Gasteiger partial charge in [0.2, 0.25) is 0 Å². The topological polar surface area (TPSA) is 50.4 Å². The van der Waals surface area contributed by atoms with Gasteiger partial charge in [-0.2, -0.15) is 0 Å². The van der Waals surface area contributed by atoms with Crippen LogP contribution in [0, 0.1) is 11.8 Å². The fourth-order valence-electron chi connectivity index (χ4n) is 2.34. The first kappa shape index (κ1) is 12.3. The first-order valence-electron chi connectivity index (χ1n) is 5.79. The summed E-state index contributed by atoms with van der Waals surface area (Å²) in [7, 11) is 1.43. The third-order valence-corrected chi connectivity index (χ3v) is 3.08. The Hall–Kier alpha value is -0.770. The molecule has 2 N–H and O–H groups in total. The molecule has 2 amide bonds. The zero-order chi connectivity index (χ0) is 11.1. The molecule has 0 spiro atoms. The number of nitrogens with one attached hydrogen (secondary N) is 2. The fourth-order valence-corrected chi connectivity index (χ4v) is 2.34. The Kier molecular flexibility index (Phi) is 5.47. The summed E-state index contributed by atoms with van der Waals surface area (Å²) in [6, 6.07) is -0.249. The summed E-state index contributed by atoms with van der Waals surface area (Å²) in [6.07, 6.45) is 6.43. The number of carbonyl (C=O) groups is 1. The van der Waals surface area contributed by atoms with Crippen LogP contribution in [0.1, 0.15) is 39.0 Å². The van der Waals surface area contributed by atoms with E-state index in [2.05, 4.69) is 22.6 Å². The van der Waals surface area contributed by atoms with Crippen LogP contribution in [0.3, 0.4) is 0 Å². The van der Waals surface area contributed by atoms with E-state index in [1.165, 1.54) is 32.8 Å². The van der Waals surface area contributed by atoms with Crippen molar-refractivity contribution >= 4 is 6.03 Å². The van der Waals surface area contributed by atoms with Gasteiger partial charge in [0.05, 0.1) is 7.11 Å². The summed E-state index contributed by atoms with van der Waals surface area (Å²) >= 11 is 0. The Bertz CT molecular complexity index is 197. The smallest absolute Gasteiger partial charge is 0.336 e. The van der Waals surface area contributed by atoms with Crippen molar-refractivity contribution in [2.45, 2.75) is 39.0 Å². The van der Waals surface area contributed by atoms with E-state index in [0.717, 1.165) is 24.8 Å². The molecule has 0 radical (unpaired) electrons. The van der Waals surface area contributed by atoms with E-state index in [4.69, 9.17) is 0 Å². The predicted molar refractivity (Wildman–Crippen MR) is 59.3 cm³/mol. The Morgan fingerprint density at radius 2 is 2.27 bits per heavy atom. The highest BCUT2D eigenvalue weighted by Gasteiger charge is 2.18. The molecule has 1 saturated carbocycles. The van der Waals surface area contributed by atoms with E-state index in [0.29, 0.717) is 0 Å². The number of carbonyl (C=O) groups excluding carboxylic acids is 1. The van der Waals surface area contributed by atoms with E-state index in [1.54, 1.807) is 0 Å². The molecular formula is C11H22N2O2. The average molecular weight is 214 g/mol. The minimum atomic E-state index is -0.249. The second kappa shape index (κ2) is 6.67. The maximum absolute atomic E-state index is 11.0. The van der Waals surface area contributed by atoms with Gasteiger partial charge in [0.15, 0.2) is 0 Å². The largest absolute Gasteiger partial charge is 0.338 e. The van der Waals surface area contributed by atoms with E-state index in [-0.39, 0.29) is 6.03 Å². The van der Waals surface area contributed by atoms with Crippen LogP contribution < -0.4 is 10.8 Å². The monoisotopic (exact) mass is 214 g/mol. The third-order valence-electron chi connectivity index (χ3n) is 3.08. The molecule has 4 nitrogen and oxygen atoms in total. The van der Waals surface area contributed by atoms with E-state index in [9.17, 15) is 4.79 Å². The van der Waals surface area contributed by atoms with Crippen LogP contribution in [0.2, 0.25) is 0 Å². The summed E-state index contributed by atoms with van der Waals surface area (Å²) in [5.74, 6) is 1.65. The van der Waals surface area contributed by atoms with Crippen LogP contribution in [-0.2, 0) is 4.84 Å². The molecule has 0 aromatic rings. The fraction of sp³-hybridized carbons (Fsp3) is 0.909. The van der Waals surface area contributed by atoms with Gasteiger partial charge in [-0.05, 0) is 24.7 Å². The lowest BCUT2D eigenvalue weighted by Crippen LogP contribution is -2.36. The van der Waals surface area contributed by atoms with Crippen LogP contribution in [0.25, 0.3) is 0 Å². The molecule has 0 bridgehead atoms. The SMILES string of the molecule is CONC(=O)NCC[C@H]1CCC[C@@H](C)C1. The van der Waals surface area contributed by atoms with Crippen LogP contribution in [0.4, 0.5) is 4.79 Å². The molecule has 88 valence electrons. The molecule has 1 rings (SSSR count). The number of hydrogen-bond acceptors (Lipinski definition) is 2. The molecule has 0 unspecified atom stereocenters. The maximum atomic E-state index is 11.0. The zero-order valence-corrected chi connectivity index (χ0v) is 9.71. The standard InChI is InChI=1S/C11H22N2O2/c1-9-4-3-5-10(8-9)6-7-12-11(14)13-15-2/h9-10H,3-8H2,1-2H3,(H2,12,13,14)/t9-,10-/m1/s1. The molecule has 4 heteroatoms. The van der Waals surface area contributed by atoms with Crippen LogP contribution in [0.15, 0.2) is 0 Å². The summed E-state index contributed by atoms with van der Waals surface area (Å²) < 4.78 is 0. The number of hydroxylamine groups is 1. The maximum Gasteiger partial charge on any atom is 0.338 e. The Labute approximate surface area is 91.7 Å². The Balaban J connectivity index is 2.06. The molecule has 0 heterocycles. The quantitative estimate of drug-likeness (QED) is 0.704. The van der Waals surface area contributed by atoms with Crippen LogP contribution >= 0.6 is 0 Å². The average Bonchev–Trinajstić information content (AvgIpc) is 2.18. The van der Waals surface area contributed by atoms with E-state index in [1.807, 2.05) is 0 Å². The normalized spacial score (nSPS) is 26.0. The molecule has 1 aliphatic rings. The summed E-state index contributed by atoms with van der Waals surface area (Å²) in [6.45, 7) is 3.06. The summed E-state index contributed by atoms with van der Waals surface area (Å²) in [5, 5.41) is 2.77. The highest BCUT2D eigenvalue weighted by Crippen LogP contribution is 2.30. The second-order valence-electron chi connectivity index (χ2n) is 4.49. The molecule has 0 aliphatic heterocycles. The van der Waals surface area contributed by atoms with Gasteiger partial charge in [0.1, 0.15) is 0 Å². The van der Waals surface area contributed by atoms with Crippen molar-refractivity contribution < 1.29 is 9.63 Å². The number of rotatable bonds is 4. The molecular weight excluding hydrogens is 192 g/mol. The van der Waals surface area contributed by atoms with Gasteiger partial charge in [0, 0.05) is 6.54 Å². The second-order valence-corrected chi connectivity index (χ2v) is 4.49. The zero-order valence-electron chi connectivity index (χ0n) is 9.71. The Morgan fingerprint density at radius 1 is 1.47 bits per heavy atom. The number of urea groups is 1. The van der Waals surface area contributed by atoms with Gasteiger partial charge in [-0.3, -0.25) is 4.84 Å². The molecule has 0 aromatic carbocycles. The lowest BCUT2D eigenvalue weighted by molar-refractivity contribution is 0.107. The van der Waals surface area contributed by atoms with Crippen molar-refractivity contribution in [3.8, 4) is 0 Å². The van der Waals surface area contributed by atoms with Crippen molar-refractivity contribution in [3.63, 3.8) is 0 Å². The highest BCUT2D eigenvalue weighted by molar-refractivity contribution is 5.72. The molecule has 2 atom stereocenters. The lowest BCUT2D eigenvalue weighted by atomic mass is 9.81. The van der Waals surface area contributed by atoms with Crippen molar-refractivity contribution in [2.24, 2.45) is 11.8 Å². The summed E-state index contributed by atoms with van der Waals surface area (Å²) in [5.41, 5.74) is 2.24. The van der Waals surface area contributed by atoms with Gasteiger partial charge >= 0.3 is 6.03 Å². The van der Waals surface area contributed by atoms with E-state index >= 15 is 0 Å². The van der Waals surface area contributed by atoms with Crippen molar-refractivity contribution in [1.29, 1.82) is 0 Å². The first-order chi connectivity index (χ1) is 7.22. The molecule has 15 heavy (non-hydrogen) atoms. The van der Waals surface area contributed by atoms with Gasteiger partial charge in [0.25, 0.3) is 0 Å². The van der Waals surface area contributed by atoms with Crippen molar-refractivity contribution in [1.82, 2.24) is 10.8 Å². The highest BCUT2D eigenvalue weighted by atomic mass is 16.6. The van der Waals surface area contributed by atoms with Crippen LogP contribution in [0.5, 0.6) is 0 Å². The number of amides is 2. The predicted octanol–water partition coefficient (Wildman–Crippen LogP) is 2.06. The molecule has 0 saturated heterocycles. The van der Waals surface area contributed by atoms with Gasteiger partial charge < -0.3 is 5.32 Å². The van der Waals surface area contributed by atoms with Crippen molar-refractivity contribution in [2.75, 3.05) is 13.7 Å². The van der Waals surface area contributed by atoms with Gasteiger partial charge in [-0.25, -0.2) is 10.3 Å². The molecule has 1 aliphatic carbocycles. The van der Waals surface area contributed by atoms with E-state index < -0.39 is 0 Å². The Morgan fingerprint density at radius 3 is 2.93 bits per heavy atom. The van der Waals surface area contributed by atoms with Gasteiger partial charge in [-0.1, -0.05) is 26.2 Å². The van der Waals surface area contributed by atoms with Gasteiger partial charge in [-0.15, -0.1) is 0 Å². The first-order valence-corrected chi connectivity index (χ1v) is 5.79. The van der Waals surface area contributed by atoms with Crippen LogP contribution in [-0.4, -0.2) is 19.7 Å². The lowest BCUT2D eigenvalue weighted by Gasteiger charge is -2.26. The summed E-state index contributed by atoms with van der Waals surface area (Å²) in [4.78, 5) is 15.5.